The largest absolute Gasteiger partial charge is 0.325 e. The summed E-state index contributed by atoms with van der Waals surface area (Å²) >= 11 is 1.23. The first-order valence-corrected chi connectivity index (χ1v) is 9.52. The van der Waals surface area contributed by atoms with Gasteiger partial charge in [-0.2, -0.15) is 0 Å². The van der Waals surface area contributed by atoms with E-state index in [1.807, 2.05) is 62.4 Å². The molecule has 0 fully saturated rings. The number of thioether (sulfide) groups is 1. The lowest BCUT2D eigenvalue weighted by atomic mass is 10.1. The molecule has 2 aromatic carbocycles. The van der Waals surface area contributed by atoms with E-state index in [-0.39, 0.29) is 11.5 Å². The van der Waals surface area contributed by atoms with Crippen molar-refractivity contribution in [1.82, 2.24) is 9.97 Å². The van der Waals surface area contributed by atoms with Gasteiger partial charge >= 0.3 is 0 Å². The fraction of sp³-hybridized carbons (Fsp3) is 0.190. The molecular weight excluding hydrogens is 358 g/mol. The number of aromatic nitrogens is 2. The summed E-state index contributed by atoms with van der Waals surface area (Å²) in [6.07, 6.45) is 0. The average Bonchev–Trinajstić information content (AvgIpc) is 2.65. The van der Waals surface area contributed by atoms with E-state index in [4.69, 9.17) is 0 Å². The number of anilines is 1. The Morgan fingerprint density at radius 1 is 1.11 bits per heavy atom. The van der Waals surface area contributed by atoms with Gasteiger partial charge in [0.15, 0.2) is 5.16 Å². The lowest BCUT2D eigenvalue weighted by molar-refractivity contribution is -0.115. The summed E-state index contributed by atoms with van der Waals surface area (Å²) in [6.45, 7) is 5.73. The third-order valence-electron chi connectivity index (χ3n) is 4.10. The number of amides is 1. The maximum atomic E-state index is 12.6. The molecule has 3 rings (SSSR count). The minimum Gasteiger partial charge on any atom is -0.325 e. The van der Waals surface area contributed by atoms with Crippen molar-refractivity contribution >= 4 is 23.4 Å². The fourth-order valence-electron chi connectivity index (χ4n) is 2.57. The molecule has 1 atom stereocenters. The molecule has 6 heteroatoms. The summed E-state index contributed by atoms with van der Waals surface area (Å²) < 4.78 is 0. The van der Waals surface area contributed by atoms with Crippen molar-refractivity contribution in [2.24, 2.45) is 0 Å². The number of hydrogen-bond acceptors (Lipinski definition) is 4. The molecule has 0 saturated carbocycles. The first-order valence-electron chi connectivity index (χ1n) is 8.64. The summed E-state index contributed by atoms with van der Waals surface area (Å²) in [5.74, 6) is -0.138. The smallest absolute Gasteiger partial charge is 0.252 e. The van der Waals surface area contributed by atoms with Gasteiger partial charge in [0.05, 0.1) is 10.9 Å². The van der Waals surface area contributed by atoms with Crippen LogP contribution in [0.15, 0.2) is 64.5 Å². The highest BCUT2D eigenvalue weighted by Crippen LogP contribution is 2.24. The van der Waals surface area contributed by atoms with E-state index < -0.39 is 5.25 Å². The second-order valence-corrected chi connectivity index (χ2v) is 7.70. The number of aromatic amines is 1. The number of nitrogens with one attached hydrogen (secondary N) is 2. The number of carbonyl (C=O) groups excluding carboxylic acids is 1. The molecular formula is C21H21N3O2S. The standard InChI is InChI=1S/C21H21N3O2S/c1-13-9-10-14(2)17(11-13)22-20(26)15(3)27-21-23-18(12-19(25)24-21)16-7-5-4-6-8-16/h4-12,15H,1-3H3,(H,22,26)(H,23,24,25)/t15-/m1/s1. The molecule has 0 unspecified atom stereocenters. The molecule has 0 bridgehead atoms. The first kappa shape index (κ1) is 18.9. The number of rotatable bonds is 5. The molecule has 2 N–H and O–H groups in total. The zero-order valence-corrected chi connectivity index (χ0v) is 16.3. The van der Waals surface area contributed by atoms with Crippen molar-refractivity contribution in [2.75, 3.05) is 5.32 Å². The monoisotopic (exact) mass is 379 g/mol. The van der Waals surface area contributed by atoms with E-state index in [1.54, 1.807) is 6.92 Å². The van der Waals surface area contributed by atoms with Crippen molar-refractivity contribution in [1.29, 1.82) is 0 Å². The molecule has 0 aliphatic rings. The Morgan fingerprint density at radius 2 is 1.85 bits per heavy atom. The predicted octanol–water partition coefficient (Wildman–Crippen LogP) is 4.17. The predicted molar refractivity (Wildman–Crippen MR) is 110 cm³/mol. The third kappa shape index (κ3) is 4.86. The number of carbonyl (C=O) groups is 1. The Hall–Kier alpha value is -2.86. The van der Waals surface area contributed by atoms with E-state index in [0.717, 1.165) is 22.4 Å². The van der Waals surface area contributed by atoms with E-state index in [2.05, 4.69) is 15.3 Å². The molecule has 1 amide bonds. The van der Waals surface area contributed by atoms with Crippen LogP contribution in [0.1, 0.15) is 18.1 Å². The zero-order valence-electron chi connectivity index (χ0n) is 15.4. The van der Waals surface area contributed by atoms with Gasteiger partial charge in [-0.05, 0) is 38.0 Å². The summed E-state index contributed by atoms with van der Waals surface area (Å²) in [5, 5.41) is 2.96. The van der Waals surface area contributed by atoms with Crippen LogP contribution in [-0.2, 0) is 4.79 Å². The number of nitrogens with zero attached hydrogens (tertiary/aromatic N) is 1. The Bertz CT molecular complexity index is 1020. The van der Waals surface area contributed by atoms with Gasteiger partial charge in [0.25, 0.3) is 5.56 Å². The Morgan fingerprint density at radius 3 is 2.59 bits per heavy atom. The minimum absolute atomic E-state index is 0.138. The van der Waals surface area contributed by atoms with Crippen LogP contribution >= 0.6 is 11.8 Å². The summed E-state index contributed by atoms with van der Waals surface area (Å²) in [6, 6.07) is 16.9. The van der Waals surface area contributed by atoms with E-state index in [0.29, 0.717) is 10.9 Å². The molecule has 0 saturated heterocycles. The Labute approximate surface area is 162 Å². The van der Waals surface area contributed by atoms with E-state index >= 15 is 0 Å². The molecule has 0 aliphatic carbocycles. The molecule has 0 spiro atoms. The zero-order chi connectivity index (χ0) is 19.4. The van der Waals surface area contributed by atoms with Crippen LogP contribution in [0.2, 0.25) is 0 Å². The van der Waals surface area contributed by atoms with Gasteiger partial charge in [-0.15, -0.1) is 0 Å². The highest BCUT2D eigenvalue weighted by atomic mass is 32.2. The molecule has 138 valence electrons. The number of benzene rings is 2. The van der Waals surface area contributed by atoms with Crippen molar-refractivity contribution in [3.63, 3.8) is 0 Å². The maximum Gasteiger partial charge on any atom is 0.252 e. The van der Waals surface area contributed by atoms with Crippen LogP contribution in [0.25, 0.3) is 11.3 Å². The van der Waals surface area contributed by atoms with Gasteiger partial charge in [-0.1, -0.05) is 54.2 Å². The van der Waals surface area contributed by atoms with Crippen molar-refractivity contribution in [2.45, 2.75) is 31.2 Å². The summed E-state index contributed by atoms with van der Waals surface area (Å²) in [7, 11) is 0. The normalized spacial score (nSPS) is 11.8. The second kappa shape index (κ2) is 8.22. The maximum absolute atomic E-state index is 12.6. The van der Waals surface area contributed by atoms with Crippen LogP contribution in [0.3, 0.4) is 0 Å². The number of H-pyrrole nitrogens is 1. The first-order chi connectivity index (χ1) is 12.9. The number of hydrogen-bond donors (Lipinski definition) is 2. The Kier molecular flexibility index (Phi) is 5.76. The molecule has 0 aliphatic heterocycles. The van der Waals surface area contributed by atoms with Crippen LogP contribution < -0.4 is 10.9 Å². The third-order valence-corrected chi connectivity index (χ3v) is 5.08. The highest BCUT2D eigenvalue weighted by molar-refractivity contribution is 8.00. The lowest BCUT2D eigenvalue weighted by Gasteiger charge is -2.14. The summed E-state index contributed by atoms with van der Waals surface area (Å²) in [5.41, 5.74) is 4.09. The van der Waals surface area contributed by atoms with Gasteiger partial charge in [0, 0.05) is 17.3 Å². The molecule has 0 radical (unpaired) electrons. The average molecular weight is 379 g/mol. The van der Waals surface area contributed by atoms with Crippen LogP contribution in [0, 0.1) is 13.8 Å². The van der Waals surface area contributed by atoms with Crippen LogP contribution in [0.4, 0.5) is 5.69 Å². The summed E-state index contributed by atoms with van der Waals surface area (Å²) in [4.78, 5) is 31.8. The molecule has 5 nitrogen and oxygen atoms in total. The van der Waals surface area contributed by atoms with Gasteiger partial charge in [0.2, 0.25) is 5.91 Å². The minimum atomic E-state index is -0.418. The fourth-order valence-corrected chi connectivity index (χ4v) is 3.39. The Balaban J connectivity index is 1.76. The van der Waals surface area contributed by atoms with Gasteiger partial charge in [0.1, 0.15) is 0 Å². The second-order valence-electron chi connectivity index (χ2n) is 6.37. The van der Waals surface area contributed by atoms with Crippen LogP contribution in [0.5, 0.6) is 0 Å². The highest BCUT2D eigenvalue weighted by Gasteiger charge is 2.17. The van der Waals surface area contributed by atoms with Crippen molar-refractivity contribution in [3.8, 4) is 11.3 Å². The molecule has 3 aromatic rings. The van der Waals surface area contributed by atoms with E-state index in [9.17, 15) is 9.59 Å². The molecule has 1 aromatic heterocycles. The molecule has 1 heterocycles. The van der Waals surface area contributed by atoms with Crippen molar-refractivity contribution in [3.05, 3.63) is 76.1 Å². The van der Waals surface area contributed by atoms with Gasteiger partial charge in [-0.3, -0.25) is 9.59 Å². The number of aryl methyl sites for hydroxylation is 2. The van der Waals surface area contributed by atoms with Gasteiger partial charge in [-0.25, -0.2) is 4.98 Å². The SMILES string of the molecule is Cc1ccc(C)c(NC(=O)[C@@H](C)Sc2nc(-c3ccccc3)cc(=O)[nH]2)c1. The van der Waals surface area contributed by atoms with E-state index in [1.165, 1.54) is 17.8 Å². The topological polar surface area (TPSA) is 74.8 Å². The van der Waals surface area contributed by atoms with Crippen LogP contribution in [-0.4, -0.2) is 21.1 Å². The van der Waals surface area contributed by atoms with Gasteiger partial charge < -0.3 is 10.3 Å². The lowest BCUT2D eigenvalue weighted by Crippen LogP contribution is -2.23. The van der Waals surface area contributed by atoms with Crippen molar-refractivity contribution < 1.29 is 4.79 Å². The quantitative estimate of drug-likeness (QED) is 0.515. The molecule has 27 heavy (non-hydrogen) atoms.